The first-order chi connectivity index (χ1) is 11.8. The number of urea groups is 1. The molecule has 24 heavy (non-hydrogen) atoms. The molecule has 0 unspecified atom stereocenters. The third-order valence-electron chi connectivity index (χ3n) is 4.24. The number of hydrogen-bond donors (Lipinski definition) is 1. The van der Waals surface area contributed by atoms with Crippen molar-refractivity contribution in [2.75, 3.05) is 33.3 Å². The van der Waals surface area contributed by atoms with E-state index in [1.165, 1.54) is 4.88 Å². The van der Waals surface area contributed by atoms with E-state index in [0.29, 0.717) is 6.54 Å². The molecule has 1 fully saturated rings. The van der Waals surface area contributed by atoms with Gasteiger partial charge < -0.3 is 15.0 Å². The van der Waals surface area contributed by atoms with E-state index in [1.54, 1.807) is 18.4 Å². The standard InChI is InChI=1S/C18H23N3O2S/c1-23-17-7-3-2-5-15(17)13-19-18(22)21-10-8-20(9-11-21)14-16-6-4-12-24-16/h2-7,12H,8-11,13-14H2,1H3,(H,19,22). The van der Waals surface area contributed by atoms with Crippen LogP contribution in [0, 0.1) is 0 Å². The van der Waals surface area contributed by atoms with Gasteiger partial charge in [0, 0.05) is 49.7 Å². The minimum absolute atomic E-state index is 0.00307. The maximum Gasteiger partial charge on any atom is 0.317 e. The van der Waals surface area contributed by atoms with Crippen LogP contribution in [0.5, 0.6) is 5.75 Å². The highest BCUT2D eigenvalue weighted by atomic mass is 32.1. The number of benzene rings is 1. The number of carbonyl (C=O) groups is 1. The molecule has 3 rings (SSSR count). The fraction of sp³-hybridized carbons (Fsp3) is 0.389. The number of piperazine rings is 1. The Morgan fingerprint density at radius 2 is 1.96 bits per heavy atom. The van der Waals surface area contributed by atoms with E-state index in [-0.39, 0.29) is 6.03 Å². The first-order valence-corrected chi connectivity index (χ1v) is 9.03. The molecule has 1 aliphatic rings. The lowest BCUT2D eigenvalue weighted by molar-refractivity contribution is 0.135. The smallest absolute Gasteiger partial charge is 0.317 e. The molecule has 1 saturated heterocycles. The third kappa shape index (κ3) is 4.27. The van der Waals surface area contributed by atoms with Gasteiger partial charge in [0.25, 0.3) is 0 Å². The van der Waals surface area contributed by atoms with Crippen LogP contribution in [0.15, 0.2) is 41.8 Å². The Kier molecular flexibility index (Phi) is 5.72. The van der Waals surface area contributed by atoms with Gasteiger partial charge in [0.15, 0.2) is 0 Å². The summed E-state index contributed by atoms with van der Waals surface area (Å²) in [6.07, 6.45) is 0. The molecule has 1 aromatic carbocycles. The summed E-state index contributed by atoms with van der Waals surface area (Å²) < 4.78 is 5.32. The predicted molar refractivity (Wildman–Crippen MR) is 96.4 cm³/mol. The molecule has 0 aliphatic carbocycles. The number of thiophene rings is 1. The van der Waals surface area contributed by atoms with Gasteiger partial charge in [0.1, 0.15) is 5.75 Å². The molecule has 2 amide bonds. The van der Waals surface area contributed by atoms with Crippen molar-refractivity contribution in [3.05, 3.63) is 52.2 Å². The van der Waals surface area contributed by atoms with E-state index >= 15 is 0 Å². The lowest BCUT2D eigenvalue weighted by Gasteiger charge is -2.34. The highest BCUT2D eigenvalue weighted by Gasteiger charge is 2.21. The van der Waals surface area contributed by atoms with E-state index in [4.69, 9.17) is 4.74 Å². The van der Waals surface area contributed by atoms with E-state index < -0.39 is 0 Å². The van der Waals surface area contributed by atoms with E-state index in [2.05, 4.69) is 27.7 Å². The van der Waals surface area contributed by atoms with Crippen molar-refractivity contribution >= 4 is 17.4 Å². The third-order valence-corrected chi connectivity index (χ3v) is 5.10. The molecule has 2 heterocycles. The molecule has 1 N–H and O–H groups in total. The quantitative estimate of drug-likeness (QED) is 0.906. The van der Waals surface area contributed by atoms with Crippen molar-refractivity contribution in [2.24, 2.45) is 0 Å². The molecular formula is C18H23N3O2S. The zero-order valence-corrected chi connectivity index (χ0v) is 14.7. The van der Waals surface area contributed by atoms with Gasteiger partial charge in [0.2, 0.25) is 0 Å². The summed E-state index contributed by atoms with van der Waals surface area (Å²) in [6.45, 7) is 4.83. The number of ether oxygens (including phenoxy) is 1. The highest BCUT2D eigenvalue weighted by molar-refractivity contribution is 7.09. The Hall–Kier alpha value is -2.05. The lowest BCUT2D eigenvalue weighted by atomic mass is 10.2. The van der Waals surface area contributed by atoms with Gasteiger partial charge in [-0.1, -0.05) is 24.3 Å². The first kappa shape index (κ1) is 16.8. The van der Waals surface area contributed by atoms with Gasteiger partial charge in [0.05, 0.1) is 7.11 Å². The summed E-state index contributed by atoms with van der Waals surface area (Å²) in [5.74, 6) is 0.804. The topological polar surface area (TPSA) is 44.8 Å². The molecule has 5 nitrogen and oxygen atoms in total. The van der Waals surface area contributed by atoms with Crippen molar-refractivity contribution < 1.29 is 9.53 Å². The second-order valence-electron chi connectivity index (χ2n) is 5.81. The number of nitrogens with zero attached hydrogens (tertiary/aromatic N) is 2. The molecule has 0 atom stereocenters. The van der Waals surface area contributed by atoms with Crippen LogP contribution in [-0.2, 0) is 13.1 Å². The normalized spacial score (nSPS) is 15.3. The van der Waals surface area contributed by atoms with Crippen LogP contribution in [0.4, 0.5) is 4.79 Å². The lowest BCUT2D eigenvalue weighted by Crippen LogP contribution is -2.51. The van der Waals surface area contributed by atoms with Crippen LogP contribution < -0.4 is 10.1 Å². The van der Waals surface area contributed by atoms with Crippen molar-refractivity contribution in [1.29, 1.82) is 0 Å². The molecule has 1 aromatic heterocycles. The molecular weight excluding hydrogens is 322 g/mol. The fourth-order valence-electron chi connectivity index (χ4n) is 2.86. The second kappa shape index (κ2) is 8.17. The number of amides is 2. The second-order valence-corrected chi connectivity index (χ2v) is 6.85. The van der Waals surface area contributed by atoms with Crippen LogP contribution in [-0.4, -0.2) is 49.1 Å². The summed E-state index contributed by atoms with van der Waals surface area (Å²) in [5.41, 5.74) is 0.990. The van der Waals surface area contributed by atoms with E-state index in [0.717, 1.165) is 44.0 Å². The molecule has 0 radical (unpaired) electrons. The minimum atomic E-state index is -0.00307. The van der Waals surface area contributed by atoms with Crippen molar-refractivity contribution in [2.45, 2.75) is 13.1 Å². The average molecular weight is 345 g/mol. The number of nitrogens with one attached hydrogen (secondary N) is 1. The Morgan fingerprint density at radius 1 is 1.17 bits per heavy atom. The SMILES string of the molecule is COc1ccccc1CNC(=O)N1CCN(Cc2cccs2)CC1. The van der Waals surface area contributed by atoms with Gasteiger partial charge in [-0.3, -0.25) is 4.90 Å². The van der Waals surface area contributed by atoms with Crippen LogP contribution in [0.25, 0.3) is 0 Å². The Bertz CT molecular complexity index is 652. The fourth-order valence-corrected chi connectivity index (χ4v) is 3.61. The number of carbonyl (C=O) groups excluding carboxylic acids is 1. The molecule has 0 spiro atoms. The van der Waals surface area contributed by atoms with Gasteiger partial charge in [-0.15, -0.1) is 11.3 Å². The van der Waals surface area contributed by atoms with Crippen LogP contribution in [0.2, 0.25) is 0 Å². The predicted octanol–water partition coefficient (Wildman–Crippen LogP) is 2.78. The first-order valence-electron chi connectivity index (χ1n) is 8.15. The molecule has 0 saturated carbocycles. The van der Waals surface area contributed by atoms with Crippen molar-refractivity contribution in [3.63, 3.8) is 0 Å². The highest BCUT2D eigenvalue weighted by Crippen LogP contribution is 2.17. The minimum Gasteiger partial charge on any atom is -0.496 e. The maximum atomic E-state index is 12.4. The largest absolute Gasteiger partial charge is 0.496 e. The van der Waals surface area contributed by atoms with Crippen LogP contribution in [0.1, 0.15) is 10.4 Å². The van der Waals surface area contributed by atoms with Crippen molar-refractivity contribution in [3.8, 4) is 5.75 Å². The average Bonchev–Trinajstić information content (AvgIpc) is 3.13. The Morgan fingerprint density at radius 3 is 2.67 bits per heavy atom. The van der Waals surface area contributed by atoms with Gasteiger partial charge in [-0.25, -0.2) is 4.79 Å². The molecule has 128 valence electrons. The summed E-state index contributed by atoms with van der Waals surface area (Å²) in [4.78, 5) is 18.0. The summed E-state index contributed by atoms with van der Waals surface area (Å²) >= 11 is 1.79. The van der Waals surface area contributed by atoms with Gasteiger partial charge >= 0.3 is 6.03 Å². The number of hydrogen-bond acceptors (Lipinski definition) is 4. The summed E-state index contributed by atoms with van der Waals surface area (Å²) in [6, 6.07) is 12.0. The molecule has 0 bridgehead atoms. The maximum absolute atomic E-state index is 12.4. The molecule has 1 aliphatic heterocycles. The number of methoxy groups -OCH3 is 1. The Balaban J connectivity index is 1.45. The summed E-state index contributed by atoms with van der Waals surface area (Å²) in [5, 5.41) is 5.10. The monoisotopic (exact) mass is 345 g/mol. The van der Waals surface area contributed by atoms with Crippen LogP contribution >= 0.6 is 11.3 Å². The van der Waals surface area contributed by atoms with Crippen molar-refractivity contribution in [1.82, 2.24) is 15.1 Å². The zero-order valence-electron chi connectivity index (χ0n) is 13.9. The van der Waals surface area contributed by atoms with E-state index in [9.17, 15) is 4.79 Å². The molecule has 2 aromatic rings. The number of rotatable bonds is 5. The zero-order chi connectivity index (χ0) is 16.8. The number of para-hydroxylation sites is 1. The van der Waals surface area contributed by atoms with Gasteiger partial charge in [-0.2, -0.15) is 0 Å². The molecule has 6 heteroatoms. The van der Waals surface area contributed by atoms with E-state index in [1.807, 2.05) is 29.2 Å². The van der Waals surface area contributed by atoms with Crippen LogP contribution in [0.3, 0.4) is 0 Å². The Labute approximate surface area is 146 Å². The van der Waals surface area contributed by atoms with Gasteiger partial charge in [-0.05, 0) is 17.5 Å². The summed E-state index contributed by atoms with van der Waals surface area (Å²) in [7, 11) is 1.65.